The van der Waals surface area contributed by atoms with E-state index in [1.54, 1.807) is 38.5 Å². The molecule has 128 valence electrons. The van der Waals surface area contributed by atoms with Crippen LogP contribution in [0.2, 0.25) is 0 Å². The van der Waals surface area contributed by atoms with Crippen molar-refractivity contribution < 1.29 is 19.4 Å². The van der Waals surface area contributed by atoms with Gasteiger partial charge in [-0.25, -0.2) is 9.78 Å². The number of ether oxygens (including phenoxy) is 2. The Hall–Kier alpha value is -3.08. The zero-order chi connectivity index (χ0) is 18.1. The van der Waals surface area contributed by atoms with Gasteiger partial charge in [-0.05, 0) is 49.7 Å². The van der Waals surface area contributed by atoms with Crippen molar-refractivity contribution in [3.8, 4) is 22.8 Å². The number of nitrogens with zero attached hydrogens (tertiary/aromatic N) is 1. The van der Waals surface area contributed by atoms with Gasteiger partial charge in [0.05, 0.1) is 31.0 Å². The van der Waals surface area contributed by atoms with Crippen molar-refractivity contribution in [2.75, 3.05) is 14.2 Å². The molecular weight excluding hydrogens is 318 g/mol. The Balaban J connectivity index is 2.37. The summed E-state index contributed by atoms with van der Waals surface area (Å²) in [7, 11) is 3.15. The van der Waals surface area contributed by atoms with Crippen molar-refractivity contribution in [3.05, 3.63) is 53.1 Å². The molecule has 0 amide bonds. The lowest BCUT2D eigenvalue weighted by Crippen LogP contribution is -2.02. The van der Waals surface area contributed by atoms with Crippen LogP contribution >= 0.6 is 0 Å². The summed E-state index contributed by atoms with van der Waals surface area (Å²) in [5, 5.41) is 10.3. The maximum atomic E-state index is 11.8. The summed E-state index contributed by atoms with van der Waals surface area (Å²) in [6, 6.07) is 10.8. The molecule has 0 atom stereocenters. The number of hydrogen-bond acceptors (Lipinski definition) is 4. The van der Waals surface area contributed by atoms with Crippen LogP contribution in [0.5, 0.6) is 11.5 Å². The minimum Gasteiger partial charge on any atom is -0.497 e. The summed E-state index contributed by atoms with van der Waals surface area (Å²) in [5.74, 6) is 0.268. The Morgan fingerprint density at radius 2 is 1.80 bits per heavy atom. The van der Waals surface area contributed by atoms with Gasteiger partial charge in [0.25, 0.3) is 0 Å². The van der Waals surface area contributed by atoms with Crippen LogP contribution in [0.4, 0.5) is 0 Å². The van der Waals surface area contributed by atoms with Gasteiger partial charge >= 0.3 is 5.97 Å². The molecule has 0 saturated heterocycles. The van der Waals surface area contributed by atoms with Crippen molar-refractivity contribution in [1.29, 1.82) is 0 Å². The predicted molar refractivity (Wildman–Crippen MR) is 96.7 cm³/mol. The van der Waals surface area contributed by atoms with Gasteiger partial charge in [-0.3, -0.25) is 0 Å². The summed E-state index contributed by atoms with van der Waals surface area (Å²) in [4.78, 5) is 16.5. The van der Waals surface area contributed by atoms with E-state index in [0.717, 1.165) is 11.1 Å². The largest absolute Gasteiger partial charge is 0.497 e. The van der Waals surface area contributed by atoms with Gasteiger partial charge in [-0.15, -0.1) is 0 Å². The zero-order valence-corrected chi connectivity index (χ0v) is 14.6. The van der Waals surface area contributed by atoms with Gasteiger partial charge in [-0.2, -0.15) is 0 Å². The standard InChI is InChI=1S/C20H19NO4/c1-11-7-12(2)19-14(8-11)15(20(22)23)10-17(21-19)16-9-13(24-3)5-6-18(16)25-4/h5-10H,1-4H3,(H,22,23). The van der Waals surface area contributed by atoms with Gasteiger partial charge in [0.1, 0.15) is 11.5 Å². The van der Waals surface area contributed by atoms with Gasteiger partial charge in [0.15, 0.2) is 0 Å². The van der Waals surface area contributed by atoms with Crippen LogP contribution in [0.1, 0.15) is 21.5 Å². The Kier molecular flexibility index (Phi) is 4.31. The zero-order valence-electron chi connectivity index (χ0n) is 14.6. The number of hydrogen-bond donors (Lipinski definition) is 1. The average molecular weight is 337 g/mol. The van der Waals surface area contributed by atoms with Crippen LogP contribution in [0.15, 0.2) is 36.4 Å². The number of carboxylic acids is 1. The first-order valence-electron chi connectivity index (χ1n) is 7.82. The van der Waals surface area contributed by atoms with Crippen LogP contribution in [-0.4, -0.2) is 30.3 Å². The number of fused-ring (bicyclic) bond motifs is 1. The number of methoxy groups -OCH3 is 2. The molecular formula is C20H19NO4. The molecule has 1 aromatic heterocycles. The molecule has 5 heteroatoms. The molecule has 5 nitrogen and oxygen atoms in total. The van der Waals surface area contributed by atoms with Gasteiger partial charge in [0.2, 0.25) is 0 Å². The quantitative estimate of drug-likeness (QED) is 0.771. The first kappa shape index (κ1) is 16.8. The Morgan fingerprint density at radius 3 is 2.44 bits per heavy atom. The smallest absolute Gasteiger partial charge is 0.336 e. The van der Waals surface area contributed by atoms with E-state index < -0.39 is 5.97 Å². The number of benzene rings is 2. The first-order chi connectivity index (χ1) is 11.9. The Bertz CT molecular complexity index is 979. The second-order valence-electron chi connectivity index (χ2n) is 5.90. The fourth-order valence-electron chi connectivity index (χ4n) is 3.01. The second-order valence-corrected chi connectivity index (χ2v) is 5.90. The average Bonchev–Trinajstić information content (AvgIpc) is 2.60. The molecule has 0 aliphatic carbocycles. The SMILES string of the molecule is COc1ccc(OC)c(-c2cc(C(=O)O)c3cc(C)cc(C)c3n2)c1. The highest BCUT2D eigenvalue weighted by atomic mass is 16.5. The fourth-order valence-corrected chi connectivity index (χ4v) is 3.01. The second kappa shape index (κ2) is 6.43. The van der Waals surface area contributed by atoms with Crippen molar-refractivity contribution in [2.24, 2.45) is 0 Å². The Labute approximate surface area is 145 Å². The summed E-state index contributed by atoms with van der Waals surface area (Å²) < 4.78 is 10.7. The third kappa shape index (κ3) is 3.01. The lowest BCUT2D eigenvalue weighted by Gasteiger charge is -2.13. The minimum atomic E-state index is -0.986. The van der Waals surface area contributed by atoms with E-state index in [-0.39, 0.29) is 5.56 Å². The number of aromatic nitrogens is 1. The molecule has 1 N–H and O–H groups in total. The molecule has 0 saturated carbocycles. The lowest BCUT2D eigenvalue weighted by molar-refractivity contribution is 0.0699. The summed E-state index contributed by atoms with van der Waals surface area (Å²) in [5.41, 5.74) is 4.04. The number of aromatic carboxylic acids is 1. The van der Waals surface area contributed by atoms with E-state index in [9.17, 15) is 9.90 Å². The van der Waals surface area contributed by atoms with Crippen LogP contribution in [0.25, 0.3) is 22.2 Å². The summed E-state index contributed by atoms with van der Waals surface area (Å²) in [6.45, 7) is 3.87. The van der Waals surface area contributed by atoms with Gasteiger partial charge in [-0.1, -0.05) is 11.6 Å². The Morgan fingerprint density at radius 1 is 1.04 bits per heavy atom. The number of pyridine rings is 1. The lowest BCUT2D eigenvalue weighted by atomic mass is 9.99. The maximum absolute atomic E-state index is 11.8. The van der Waals surface area contributed by atoms with Gasteiger partial charge in [0, 0.05) is 10.9 Å². The van der Waals surface area contributed by atoms with Gasteiger partial charge < -0.3 is 14.6 Å². The molecule has 0 spiro atoms. The fraction of sp³-hybridized carbons (Fsp3) is 0.200. The third-order valence-corrected chi connectivity index (χ3v) is 4.16. The van der Waals surface area contributed by atoms with Crippen LogP contribution in [-0.2, 0) is 0 Å². The van der Waals surface area contributed by atoms with E-state index >= 15 is 0 Å². The molecule has 0 fully saturated rings. The summed E-state index contributed by atoms with van der Waals surface area (Å²) >= 11 is 0. The third-order valence-electron chi connectivity index (χ3n) is 4.16. The number of carbonyl (C=O) groups is 1. The highest BCUT2D eigenvalue weighted by molar-refractivity contribution is 6.05. The van der Waals surface area contributed by atoms with Crippen LogP contribution in [0, 0.1) is 13.8 Å². The van der Waals surface area contributed by atoms with E-state index in [1.165, 1.54) is 0 Å². The minimum absolute atomic E-state index is 0.219. The molecule has 0 radical (unpaired) electrons. The number of carboxylic acid groups (broad SMARTS) is 1. The van der Waals surface area contributed by atoms with Crippen LogP contribution < -0.4 is 9.47 Å². The molecule has 0 aliphatic heterocycles. The molecule has 25 heavy (non-hydrogen) atoms. The molecule has 3 aromatic rings. The molecule has 0 bridgehead atoms. The summed E-state index contributed by atoms with van der Waals surface area (Å²) in [6.07, 6.45) is 0. The highest BCUT2D eigenvalue weighted by Gasteiger charge is 2.17. The predicted octanol–water partition coefficient (Wildman–Crippen LogP) is 4.23. The van der Waals surface area contributed by atoms with Crippen molar-refractivity contribution in [1.82, 2.24) is 4.98 Å². The highest BCUT2D eigenvalue weighted by Crippen LogP contribution is 2.35. The topological polar surface area (TPSA) is 68.7 Å². The van der Waals surface area contributed by atoms with Crippen molar-refractivity contribution >= 4 is 16.9 Å². The molecule has 1 heterocycles. The normalized spacial score (nSPS) is 10.7. The van der Waals surface area contributed by atoms with Crippen molar-refractivity contribution in [3.63, 3.8) is 0 Å². The van der Waals surface area contributed by atoms with E-state index in [0.29, 0.717) is 33.7 Å². The maximum Gasteiger partial charge on any atom is 0.336 e. The monoisotopic (exact) mass is 337 g/mol. The van der Waals surface area contributed by atoms with E-state index in [2.05, 4.69) is 0 Å². The van der Waals surface area contributed by atoms with Crippen molar-refractivity contribution in [2.45, 2.75) is 13.8 Å². The number of aryl methyl sites for hydroxylation is 2. The first-order valence-corrected chi connectivity index (χ1v) is 7.82. The molecule has 3 rings (SSSR count). The molecule has 2 aromatic carbocycles. The molecule has 0 unspecified atom stereocenters. The molecule has 0 aliphatic rings. The van der Waals surface area contributed by atoms with Crippen LogP contribution in [0.3, 0.4) is 0 Å². The van der Waals surface area contributed by atoms with E-state index in [1.807, 2.05) is 26.0 Å². The number of rotatable bonds is 4. The van der Waals surface area contributed by atoms with E-state index in [4.69, 9.17) is 14.5 Å².